The Bertz CT molecular complexity index is 85.9. The van der Waals surface area contributed by atoms with E-state index < -0.39 is 6.16 Å². The van der Waals surface area contributed by atoms with Gasteiger partial charge in [-0.3, -0.25) is 0 Å². The van der Waals surface area contributed by atoms with Crippen LogP contribution in [-0.2, 0) is 4.74 Å². The smallest absolute Gasteiger partial charge is 1.00 e. The van der Waals surface area contributed by atoms with E-state index in [4.69, 9.17) is 5.11 Å². The van der Waals surface area contributed by atoms with Crippen LogP contribution in [0.2, 0.25) is 0 Å². The normalized spacial score (nSPS) is 6.50. The quantitative estimate of drug-likeness (QED) is 0.253. The second kappa shape index (κ2) is 6.61. The average molecular weight is 110 g/mol. The molecule has 4 heteroatoms. The molecular weight excluding hydrogens is 103 g/mol. The maximum absolute atomic E-state index is 9.49. The third kappa shape index (κ3) is 9.15. The minimum absolute atomic E-state index is 0. The molecule has 0 aliphatic carbocycles. The number of hydrogen-bond acceptors (Lipinski definition) is 2. The molecule has 0 aromatic carbocycles. The summed E-state index contributed by atoms with van der Waals surface area (Å²) >= 11 is 0. The van der Waals surface area contributed by atoms with Crippen LogP contribution in [-0.4, -0.2) is 17.9 Å². The molecule has 0 fully saturated rings. The molecule has 0 heterocycles. The summed E-state index contributed by atoms with van der Waals surface area (Å²) in [5, 5.41) is 7.77. The monoisotopic (exact) mass is 110 g/mol. The minimum atomic E-state index is -1.26. The molecule has 0 atom stereocenters. The molecule has 0 aliphatic heterocycles. The summed E-state index contributed by atoms with van der Waals surface area (Å²) in [6.07, 6.45) is 0.105. The van der Waals surface area contributed by atoms with Crippen LogP contribution in [0, 0.1) is 0 Å². The molecule has 0 amide bonds. The van der Waals surface area contributed by atoms with Crippen molar-refractivity contribution in [2.45, 2.75) is 0 Å². The Hall–Kier alpha value is -0.393. The van der Waals surface area contributed by atoms with E-state index in [1.54, 1.807) is 0 Å². The summed E-state index contributed by atoms with van der Waals surface area (Å²) in [5.74, 6) is 0. The van der Waals surface area contributed by atoms with Crippen LogP contribution in [0.3, 0.4) is 0 Å². The van der Waals surface area contributed by atoms with Crippen LogP contribution in [0.25, 0.3) is 0 Å². The van der Waals surface area contributed by atoms with E-state index in [1.165, 1.54) is 6.08 Å². The molecular formula is C4H7LiO3. The molecule has 0 bridgehead atoms. The zero-order valence-corrected chi connectivity index (χ0v) is 4.76. The Balaban J connectivity index is -0.000000180. The summed E-state index contributed by atoms with van der Waals surface area (Å²) in [5.41, 5.74) is 0. The van der Waals surface area contributed by atoms with Gasteiger partial charge in [-0.2, -0.15) is 0 Å². The second-order valence-corrected chi connectivity index (χ2v) is 0.866. The van der Waals surface area contributed by atoms with E-state index in [-0.39, 0.29) is 26.9 Å². The molecule has 1 N–H and O–H groups in total. The molecule has 8 heavy (non-hydrogen) atoms. The Kier molecular flexibility index (Phi) is 8.72. The standard InChI is InChI=1S/C4H6O3.Li.H/c1-2-3-7-4(5)6;;/h2H,1,3H2,(H,5,6);;/q;+1;-1. The fraction of sp³-hybridized carbons (Fsp3) is 0.250. The van der Waals surface area contributed by atoms with Crippen molar-refractivity contribution in [1.82, 2.24) is 0 Å². The van der Waals surface area contributed by atoms with Crippen molar-refractivity contribution in [1.29, 1.82) is 0 Å². The summed E-state index contributed by atoms with van der Waals surface area (Å²) in [6, 6.07) is 0. The van der Waals surface area contributed by atoms with Crippen molar-refractivity contribution < 1.29 is 34.9 Å². The van der Waals surface area contributed by atoms with Crippen LogP contribution in [0.5, 0.6) is 0 Å². The van der Waals surface area contributed by atoms with Crippen molar-refractivity contribution in [2.24, 2.45) is 0 Å². The first-order valence-electron chi connectivity index (χ1n) is 1.74. The summed E-state index contributed by atoms with van der Waals surface area (Å²) in [7, 11) is 0. The van der Waals surface area contributed by atoms with E-state index in [0.29, 0.717) is 0 Å². The molecule has 0 unspecified atom stereocenters. The molecule has 0 rings (SSSR count). The average Bonchev–Trinajstić information content (AvgIpc) is 1.61. The summed E-state index contributed by atoms with van der Waals surface area (Å²) in [4.78, 5) is 9.49. The van der Waals surface area contributed by atoms with Gasteiger partial charge in [-0.25, -0.2) is 4.79 Å². The SMILES string of the molecule is C=CCOC(=O)O.[H-].[Li+]. The number of rotatable bonds is 2. The van der Waals surface area contributed by atoms with Gasteiger partial charge < -0.3 is 11.3 Å². The number of ether oxygens (including phenoxy) is 1. The molecule has 0 aromatic rings. The fourth-order valence-electron chi connectivity index (χ4n) is 0.130. The minimum Gasteiger partial charge on any atom is -1.00 e. The number of carbonyl (C=O) groups is 1. The molecule has 42 valence electrons. The molecule has 0 saturated heterocycles. The first-order chi connectivity index (χ1) is 3.27. The first kappa shape index (κ1) is 10.6. The Morgan fingerprint density at radius 2 is 2.50 bits per heavy atom. The molecule has 0 aliphatic rings. The van der Waals surface area contributed by atoms with Gasteiger partial charge in [-0.15, -0.1) is 0 Å². The van der Waals surface area contributed by atoms with Crippen molar-refractivity contribution in [2.75, 3.05) is 6.61 Å². The van der Waals surface area contributed by atoms with Crippen molar-refractivity contribution >= 4 is 6.16 Å². The van der Waals surface area contributed by atoms with Crippen molar-refractivity contribution in [3.8, 4) is 0 Å². The van der Waals surface area contributed by atoms with Gasteiger partial charge in [0.1, 0.15) is 6.61 Å². The topological polar surface area (TPSA) is 46.5 Å². The third-order valence-electron chi connectivity index (χ3n) is 0.325. The zero-order chi connectivity index (χ0) is 5.70. The number of carboxylic acid groups (broad SMARTS) is 1. The van der Waals surface area contributed by atoms with Gasteiger partial charge in [0, 0.05) is 0 Å². The van der Waals surface area contributed by atoms with Crippen LogP contribution in [0.4, 0.5) is 4.79 Å². The maximum Gasteiger partial charge on any atom is 1.00 e. The predicted octanol–water partition coefficient (Wildman–Crippen LogP) is -2.02. The Morgan fingerprint density at radius 3 is 2.62 bits per heavy atom. The molecule has 0 aromatic heterocycles. The maximum atomic E-state index is 9.49. The molecule has 3 nitrogen and oxygen atoms in total. The van der Waals surface area contributed by atoms with Gasteiger partial charge >= 0.3 is 25.0 Å². The molecule has 0 radical (unpaired) electrons. The van der Waals surface area contributed by atoms with Gasteiger partial charge in [0.15, 0.2) is 0 Å². The zero-order valence-electron chi connectivity index (χ0n) is 5.76. The van der Waals surface area contributed by atoms with Crippen LogP contribution in [0.15, 0.2) is 12.7 Å². The largest absolute Gasteiger partial charge is 1.00 e. The van der Waals surface area contributed by atoms with Gasteiger partial charge in [-0.1, -0.05) is 12.7 Å². The van der Waals surface area contributed by atoms with Crippen molar-refractivity contribution in [3.05, 3.63) is 12.7 Å². The van der Waals surface area contributed by atoms with Crippen LogP contribution >= 0.6 is 0 Å². The Labute approximate surface area is 61.0 Å². The van der Waals surface area contributed by atoms with Gasteiger partial charge in [-0.05, 0) is 0 Å². The fourth-order valence-corrected chi connectivity index (χ4v) is 0.130. The third-order valence-corrected chi connectivity index (χ3v) is 0.325. The summed E-state index contributed by atoms with van der Waals surface area (Å²) < 4.78 is 3.99. The molecule has 0 spiro atoms. The van der Waals surface area contributed by atoms with Crippen LogP contribution in [0.1, 0.15) is 1.43 Å². The van der Waals surface area contributed by atoms with E-state index >= 15 is 0 Å². The number of hydrogen-bond donors (Lipinski definition) is 1. The van der Waals surface area contributed by atoms with E-state index in [2.05, 4.69) is 11.3 Å². The summed E-state index contributed by atoms with van der Waals surface area (Å²) in [6.45, 7) is 3.31. The Morgan fingerprint density at radius 1 is 2.00 bits per heavy atom. The molecule has 0 saturated carbocycles. The predicted molar refractivity (Wildman–Crippen MR) is 25.3 cm³/mol. The van der Waals surface area contributed by atoms with Crippen LogP contribution < -0.4 is 18.9 Å². The van der Waals surface area contributed by atoms with E-state index in [0.717, 1.165) is 0 Å². The van der Waals surface area contributed by atoms with Gasteiger partial charge in [0.2, 0.25) is 0 Å². The second-order valence-electron chi connectivity index (χ2n) is 0.866. The van der Waals surface area contributed by atoms with Crippen molar-refractivity contribution in [3.63, 3.8) is 0 Å². The van der Waals surface area contributed by atoms with Gasteiger partial charge in [0.25, 0.3) is 0 Å². The van der Waals surface area contributed by atoms with Gasteiger partial charge in [0.05, 0.1) is 0 Å². The van der Waals surface area contributed by atoms with E-state index in [1.807, 2.05) is 0 Å². The first-order valence-corrected chi connectivity index (χ1v) is 1.74. The van der Waals surface area contributed by atoms with E-state index in [9.17, 15) is 4.79 Å².